The Morgan fingerprint density at radius 2 is 1.45 bits per heavy atom. The second-order valence-electron chi connectivity index (χ2n) is 6.14. The summed E-state index contributed by atoms with van der Waals surface area (Å²) in [6.07, 6.45) is 0. The molecule has 0 aliphatic carbocycles. The van der Waals surface area contributed by atoms with Crippen molar-refractivity contribution in [1.29, 1.82) is 0 Å². The third-order valence-corrected chi connectivity index (χ3v) is 4.73. The molecule has 3 rings (SSSR count). The molecule has 5 heteroatoms. The number of rotatable bonds is 3. The lowest BCUT2D eigenvalue weighted by molar-refractivity contribution is 0.0182. The van der Waals surface area contributed by atoms with Crippen molar-refractivity contribution in [3.8, 4) is 16.9 Å². The molecule has 0 amide bonds. The minimum absolute atomic E-state index is 0.144. The summed E-state index contributed by atoms with van der Waals surface area (Å²) in [5, 5.41) is 0. The van der Waals surface area contributed by atoms with Crippen molar-refractivity contribution in [2.75, 3.05) is 13.2 Å². The average Bonchev–Trinajstić information content (AvgIpc) is 2.53. The molecule has 4 nitrogen and oxygen atoms in total. The van der Waals surface area contributed by atoms with Crippen molar-refractivity contribution in [2.24, 2.45) is 5.41 Å². The molecular weight excluding hydrogens is 299 g/mol. The summed E-state index contributed by atoms with van der Waals surface area (Å²) in [4.78, 5) is 0. The van der Waals surface area contributed by atoms with Gasteiger partial charge in [0.1, 0.15) is 5.75 Å². The molecule has 1 heterocycles. The van der Waals surface area contributed by atoms with Crippen LogP contribution in [0.25, 0.3) is 11.1 Å². The minimum Gasteiger partial charge on any atom is -0.404 e. The molecule has 0 unspecified atom stereocenters. The van der Waals surface area contributed by atoms with Crippen LogP contribution >= 0.6 is 7.82 Å². The van der Waals surface area contributed by atoms with Crippen LogP contribution in [0, 0.1) is 5.41 Å². The van der Waals surface area contributed by atoms with Crippen LogP contribution in [0.1, 0.15) is 13.8 Å². The van der Waals surface area contributed by atoms with Crippen molar-refractivity contribution >= 4 is 7.82 Å². The lowest BCUT2D eigenvalue weighted by Crippen LogP contribution is -2.30. The number of hydrogen-bond acceptors (Lipinski definition) is 4. The van der Waals surface area contributed by atoms with Crippen molar-refractivity contribution < 1.29 is 18.1 Å². The van der Waals surface area contributed by atoms with Gasteiger partial charge in [0.2, 0.25) is 0 Å². The first-order valence-corrected chi connectivity index (χ1v) is 8.66. The molecule has 1 aliphatic rings. The quantitative estimate of drug-likeness (QED) is 0.754. The monoisotopic (exact) mass is 318 g/mol. The number of phosphoric acid groups is 1. The Morgan fingerprint density at radius 3 is 2.05 bits per heavy atom. The lowest BCUT2D eigenvalue weighted by atomic mass is 9.97. The lowest BCUT2D eigenvalue weighted by Gasteiger charge is -2.32. The average molecular weight is 318 g/mol. The highest BCUT2D eigenvalue weighted by Crippen LogP contribution is 2.54. The molecule has 0 saturated carbocycles. The van der Waals surface area contributed by atoms with Gasteiger partial charge in [-0.3, -0.25) is 9.05 Å². The first-order valence-electron chi connectivity index (χ1n) is 7.20. The molecule has 0 radical (unpaired) electrons. The van der Waals surface area contributed by atoms with E-state index in [4.69, 9.17) is 13.6 Å². The molecular formula is C17H19O4P. The highest BCUT2D eigenvalue weighted by Gasteiger charge is 2.39. The van der Waals surface area contributed by atoms with Gasteiger partial charge in [0.25, 0.3) is 0 Å². The molecule has 2 aromatic carbocycles. The van der Waals surface area contributed by atoms with Crippen LogP contribution in [0.2, 0.25) is 0 Å². The fraction of sp³-hybridized carbons (Fsp3) is 0.294. The maximum absolute atomic E-state index is 12.4. The van der Waals surface area contributed by atoms with Crippen LogP contribution in [-0.2, 0) is 13.6 Å². The first kappa shape index (κ1) is 15.3. The summed E-state index contributed by atoms with van der Waals surface area (Å²) < 4.78 is 28.4. The standard InChI is InChI=1S/C17H19O4P/c1-17(2)12-19-22(18,20-13-17)21-16-10-8-15(9-11-16)14-6-4-3-5-7-14/h3-11H,12-13H2,1-2H3. The van der Waals surface area contributed by atoms with Gasteiger partial charge >= 0.3 is 7.82 Å². The van der Waals surface area contributed by atoms with E-state index >= 15 is 0 Å². The van der Waals surface area contributed by atoms with Crippen molar-refractivity contribution in [3.05, 3.63) is 54.6 Å². The minimum atomic E-state index is -3.50. The van der Waals surface area contributed by atoms with E-state index in [0.717, 1.165) is 11.1 Å². The van der Waals surface area contributed by atoms with E-state index in [2.05, 4.69) is 0 Å². The Labute approximate surface area is 130 Å². The summed E-state index contributed by atoms with van der Waals surface area (Å²) >= 11 is 0. The van der Waals surface area contributed by atoms with Crippen LogP contribution in [-0.4, -0.2) is 13.2 Å². The Bertz CT molecular complexity index is 666. The Kier molecular flexibility index (Phi) is 4.09. The maximum Gasteiger partial charge on any atom is 0.530 e. The molecule has 116 valence electrons. The van der Waals surface area contributed by atoms with Crippen LogP contribution < -0.4 is 4.52 Å². The maximum atomic E-state index is 12.4. The smallest absolute Gasteiger partial charge is 0.404 e. The molecule has 0 aromatic heterocycles. The van der Waals surface area contributed by atoms with Crippen molar-refractivity contribution in [3.63, 3.8) is 0 Å². The molecule has 0 spiro atoms. The normalized spacial score (nSPS) is 19.5. The zero-order valence-corrected chi connectivity index (χ0v) is 13.6. The number of phosphoric ester groups is 1. The molecule has 1 aliphatic heterocycles. The summed E-state index contributed by atoms with van der Waals surface area (Å²) in [6.45, 7) is 4.69. The topological polar surface area (TPSA) is 44.8 Å². The zero-order chi connectivity index (χ0) is 15.6. The van der Waals surface area contributed by atoms with Gasteiger partial charge in [0.05, 0.1) is 13.2 Å². The van der Waals surface area contributed by atoms with Crippen molar-refractivity contribution in [2.45, 2.75) is 13.8 Å². The molecule has 2 aromatic rings. The summed E-state index contributed by atoms with van der Waals surface area (Å²) in [5.41, 5.74) is 2.04. The second-order valence-corrected chi connectivity index (χ2v) is 7.73. The molecule has 0 atom stereocenters. The largest absolute Gasteiger partial charge is 0.530 e. The number of hydrogen-bond donors (Lipinski definition) is 0. The highest BCUT2D eigenvalue weighted by atomic mass is 31.2. The van der Waals surface area contributed by atoms with Gasteiger partial charge < -0.3 is 4.52 Å². The Balaban J connectivity index is 1.71. The fourth-order valence-corrected chi connectivity index (χ4v) is 3.68. The van der Waals surface area contributed by atoms with Gasteiger partial charge in [-0.05, 0) is 23.3 Å². The zero-order valence-electron chi connectivity index (χ0n) is 12.7. The van der Waals surface area contributed by atoms with Gasteiger partial charge in [-0.2, -0.15) is 0 Å². The van der Waals surface area contributed by atoms with E-state index < -0.39 is 7.82 Å². The van der Waals surface area contributed by atoms with Gasteiger partial charge in [-0.1, -0.05) is 56.3 Å². The van der Waals surface area contributed by atoms with Crippen molar-refractivity contribution in [1.82, 2.24) is 0 Å². The molecule has 1 saturated heterocycles. The van der Waals surface area contributed by atoms with Gasteiger partial charge in [-0.15, -0.1) is 0 Å². The summed E-state index contributed by atoms with van der Waals surface area (Å²) in [6, 6.07) is 17.4. The predicted octanol–water partition coefficient (Wildman–Crippen LogP) is 4.91. The Hall–Kier alpha value is -1.61. The third-order valence-electron chi connectivity index (χ3n) is 3.41. The van der Waals surface area contributed by atoms with Gasteiger partial charge in [0, 0.05) is 5.41 Å². The second kappa shape index (κ2) is 5.88. The fourth-order valence-electron chi connectivity index (χ4n) is 2.11. The molecule has 1 fully saturated rings. The molecule has 0 N–H and O–H groups in total. The third kappa shape index (κ3) is 3.58. The van der Waals surface area contributed by atoms with Crippen LogP contribution in [0.5, 0.6) is 5.75 Å². The van der Waals surface area contributed by atoms with Crippen LogP contribution in [0.15, 0.2) is 54.6 Å². The highest BCUT2D eigenvalue weighted by molar-refractivity contribution is 7.49. The van der Waals surface area contributed by atoms with E-state index in [9.17, 15) is 4.57 Å². The number of benzene rings is 2. The Morgan fingerprint density at radius 1 is 0.909 bits per heavy atom. The van der Waals surface area contributed by atoms with Gasteiger partial charge in [0.15, 0.2) is 0 Å². The SMILES string of the molecule is CC1(C)COP(=O)(Oc2ccc(-c3ccccc3)cc2)OC1. The van der Waals surface area contributed by atoms with Crippen LogP contribution in [0.4, 0.5) is 0 Å². The van der Waals surface area contributed by atoms with E-state index in [-0.39, 0.29) is 5.41 Å². The molecule has 0 bridgehead atoms. The summed E-state index contributed by atoms with van der Waals surface area (Å²) in [7, 11) is -3.50. The van der Waals surface area contributed by atoms with E-state index in [0.29, 0.717) is 19.0 Å². The van der Waals surface area contributed by atoms with E-state index in [1.165, 1.54) is 0 Å². The summed E-state index contributed by atoms with van der Waals surface area (Å²) in [5.74, 6) is 0.475. The predicted molar refractivity (Wildman–Crippen MR) is 85.8 cm³/mol. The van der Waals surface area contributed by atoms with E-state index in [1.54, 1.807) is 12.1 Å². The van der Waals surface area contributed by atoms with Gasteiger partial charge in [-0.25, -0.2) is 4.57 Å². The molecule has 22 heavy (non-hydrogen) atoms. The van der Waals surface area contributed by atoms with E-state index in [1.807, 2.05) is 56.3 Å². The first-order chi connectivity index (χ1) is 10.5. The van der Waals surface area contributed by atoms with Crippen LogP contribution in [0.3, 0.4) is 0 Å².